The van der Waals surface area contributed by atoms with E-state index in [0.29, 0.717) is 19.4 Å². The van der Waals surface area contributed by atoms with Gasteiger partial charge in [-0.15, -0.1) is 0 Å². The van der Waals surface area contributed by atoms with Gasteiger partial charge in [0.05, 0.1) is 6.42 Å². The van der Waals surface area contributed by atoms with Crippen LogP contribution in [0.3, 0.4) is 0 Å². The Morgan fingerprint density at radius 2 is 1.55 bits per heavy atom. The van der Waals surface area contributed by atoms with E-state index in [2.05, 4.69) is 34.6 Å². The van der Waals surface area contributed by atoms with Crippen molar-refractivity contribution in [2.45, 2.75) is 18.9 Å². The molecule has 0 bridgehead atoms. The normalized spacial score (nSPS) is 17.9. The number of fused-ring (bicyclic) bond motifs is 1. The molecule has 154 valence electrons. The molecule has 3 aromatic carbocycles. The third kappa shape index (κ3) is 3.94. The number of hydrogen-bond donors (Lipinski definition) is 3. The maximum absolute atomic E-state index is 13.3. The first-order chi connectivity index (χ1) is 15.2. The van der Waals surface area contributed by atoms with Crippen LogP contribution in [0, 0.1) is 0 Å². The molecule has 1 unspecified atom stereocenters. The molecule has 2 aliphatic rings. The fourth-order valence-corrected chi connectivity index (χ4v) is 4.19. The highest BCUT2D eigenvalue weighted by Crippen LogP contribution is 2.23. The Kier molecular flexibility index (Phi) is 5.00. The lowest BCUT2D eigenvalue weighted by Gasteiger charge is -2.20. The van der Waals surface area contributed by atoms with Crippen LogP contribution in [0.15, 0.2) is 96.4 Å². The Morgan fingerprint density at radius 3 is 2.23 bits per heavy atom. The lowest BCUT2D eigenvalue weighted by molar-refractivity contribution is -0.406. The Morgan fingerprint density at radius 1 is 0.903 bits per heavy atom. The number of hydrogen-bond acceptors (Lipinski definition) is 3. The summed E-state index contributed by atoms with van der Waals surface area (Å²) in [5.74, 6) is 1.17. The highest BCUT2D eigenvalue weighted by atomic mass is 16.3. The summed E-state index contributed by atoms with van der Waals surface area (Å²) in [6.07, 6.45) is 1.33. The highest BCUT2D eigenvalue weighted by Gasteiger charge is 2.42. The maximum atomic E-state index is 13.3. The summed E-state index contributed by atoms with van der Waals surface area (Å²) in [7, 11) is 0. The van der Waals surface area contributed by atoms with Crippen molar-refractivity contribution in [3.63, 3.8) is 0 Å². The molecule has 2 heterocycles. The zero-order valence-corrected chi connectivity index (χ0v) is 17.1. The second-order valence-electron chi connectivity index (χ2n) is 7.95. The van der Waals surface area contributed by atoms with E-state index < -0.39 is 0 Å². The predicted molar refractivity (Wildman–Crippen MR) is 119 cm³/mol. The quantitative estimate of drug-likeness (QED) is 0.600. The highest BCUT2D eigenvalue weighted by molar-refractivity contribution is 6.02. The number of carbonyl (C=O) groups excluding carboxylic acids is 1. The smallest absolute Gasteiger partial charge is 0.251 e. The van der Waals surface area contributed by atoms with Crippen LogP contribution in [0.1, 0.15) is 16.7 Å². The van der Waals surface area contributed by atoms with Gasteiger partial charge in [0.1, 0.15) is 18.3 Å². The Bertz CT molecular complexity index is 1150. The van der Waals surface area contributed by atoms with Gasteiger partial charge in [0.2, 0.25) is 11.4 Å². The van der Waals surface area contributed by atoms with E-state index in [-0.39, 0.29) is 17.7 Å². The van der Waals surface area contributed by atoms with Gasteiger partial charge >= 0.3 is 0 Å². The molecule has 5 heteroatoms. The minimum atomic E-state index is -0.288. The first-order valence-corrected chi connectivity index (χ1v) is 10.5. The van der Waals surface area contributed by atoms with E-state index in [1.165, 1.54) is 5.56 Å². The van der Waals surface area contributed by atoms with Crippen molar-refractivity contribution in [2.75, 3.05) is 6.54 Å². The van der Waals surface area contributed by atoms with Gasteiger partial charge in [-0.1, -0.05) is 60.7 Å². The van der Waals surface area contributed by atoms with Gasteiger partial charge < -0.3 is 10.4 Å². The van der Waals surface area contributed by atoms with Crippen molar-refractivity contribution >= 4 is 11.6 Å². The van der Waals surface area contributed by atoms with Gasteiger partial charge in [-0.2, -0.15) is 0 Å². The van der Waals surface area contributed by atoms with Crippen LogP contribution in [0.25, 0.3) is 0 Å². The number of rotatable bonds is 5. The van der Waals surface area contributed by atoms with Gasteiger partial charge in [-0.25, -0.2) is 4.99 Å². The standard InChI is InChI=1S/C26H23N3O2/c30-21-13-11-20(12-14-21)24-17-29-25(22(27-24)15-18-7-3-1-4-8-18)28-23(26(29)31)16-19-9-5-2-6-10-19/h1-14,23,28,30H,15-17H2/p+1. The molecule has 0 aliphatic carbocycles. The molecule has 31 heavy (non-hydrogen) atoms. The Balaban J connectivity index is 1.49. The summed E-state index contributed by atoms with van der Waals surface area (Å²) in [5, 5.41) is 13.1. The molecule has 0 radical (unpaired) electrons. The minimum Gasteiger partial charge on any atom is -0.508 e. The number of nitrogens with one attached hydrogen (secondary N) is 2. The SMILES string of the molecule is O=C1C(Cc2ccccc2)NC2=C(Cc3ccccc3)[NH+]=C(c3ccc(O)cc3)CN12. The molecule has 1 saturated heterocycles. The molecule has 1 amide bonds. The average Bonchev–Trinajstić information content (AvgIpc) is 3.11. The first kappa shape index (κ1) is 19.1. The number of carbonyl (C=O) groups is 1. The van der Waals surface area contributed by atoms with Gasteiger partial charge in [0.15, 0.2) is 5.82 Å². The zero-order chi connectivity index (χ0) is 21.2. The number of phenols is 1. The van der Waals surface area contributed by atoms with E-state index in [1.54, 1.807) is 12.1 Å². The fourth-order valence-electron chi connectivity index (χ4n) is 4.19. The van der Waals surface area contributed by atoms with Gasteiger partial charge in [0, 0.05) is 12.0 Å². The monoisotopic (exact) mass is 410 g/mol. The molecule has 3 aromatic rings. The number of amides is 1. The molecule has 0 aromatic heterocycles. The molecular weight excluding hydrogens is 386 g/mol. The maximum Gasteiger partial charge on any atom is 0.251 e. The van der Waals surface area contributed by atoms with Crippen LogP contribution in [0.5, 0.6) is 5.75 Å². The van der Waals surface area contributed by atoms with Crippen LogP contribution in [-0.2, 0) is 17.6 Å². The van der Waals surface area contributed by atoms with E-state index in [0.717, 1.165) is 28.4 Å². The number of benzene rings is 3. The second-order valence-corrected chi connectivity index (χ2v) is 7.95. The van der Waals surface area contributed by atoms with Crippen molar-refractivity contribution in [3.05, 3.63) is 113 Å². The van der Waals surface area contributed by atoms with Crippen molar-refractivity contribution in [1.82, 2.24) is 10.2 Å². The van der Waals surface area contributed by atoms with E-state index >= 15 is 0 Å². The largest absolute Gasteiger partial charge is 0.508 e. The van der Waals surface area contributed by atoms with Crippen LogP contribution in [0.2, 0.25) is 0 Å². The molecule has 1 fully saturated rings. The van der Waals surface area contributed by atoms with E-state index in [9.17, 15) is 9.90 Å². The fraction of sp³-hybridized carbons (Fsp3) is 0.154. The lowest BCUT2D eigenvalue weighted by atomic mass is 10.0. The molecule has 5 nitrogen and oxygen atoms in total. The Labute approximate surface area is 181 Å². The molecule has 0 saturated carbocycles. The summed E-state index contributed by atoms with van der Waals surface area (Å²) in [6.45, 7) is 0.468. The number of allylic oxidation sites excluding steroid dienone is 1. The zero-order valence-electron chi connectivity index (χ0n) is 17.1. The summed E-state index contributed by atoms with van der Waals surface area (Å²) >= 11 is 0. The second kappa shape index (κ2) is 8.11. The van der Waals surface area contributed by atoms with Gasteiger partial charge in [-0.05, 0) is 35.4 Å². The summed E-state index contributed by atoms with van der Waals surface area (Å²) in [6, 6.07) is 27.1. The molecule has 2 aliphatic heterocycles. The van der Waals surface area contributed by atoms with E-state index in [4.69, 9.17) is 0 Å². The third-order valence-electron chi connectivity index (χ3n) is 5.77. The molecule has 3 N–H and O–H groups in total. The summed E-state index contributed by atoms with van der Waals surface area (Å²) in [4.78, 5) is 18.7. The van der Waals surface area contributed by atoms with Crippen LogP contribution < -0.4 is 10.3 Å². The van der Waals surface area contributed by atoms with Crippen molar-refractivity contribution in [2.24, 2.45) is 0 Å². The summed E-state index contributed by atoms with van der Waals surface area (Å²) in [5.41, 5.74) is 5.19. The molecular formula is C26H24N3O2+. The van der Waals surface area contributed by atoms with Crippen molar-refractivity contribution < 1.29 is 14.9 Å². The molecule has 1 atom stereocenters. The molecule has 5 rings (SSSR count). The van der Waals surface area contributed by atoms with Crippen LogP contribution in [0.4, 0.5) is 0 Å². The number of phenolic OH excluding ortho intramolecular Hbond substituents is 1. The lowest BCUT2D eigenvalue weighted by Crippen LogP contribution is -2.76. The number of nitrogens with zero attached hydrogens (tertiary/aromatic N) is 1. The minimum absolute atomic E-state index is 0.0854. The van der Waals surface area contributed by atoms with E-state index in [1.807, 2.05) is 53.4 Å². The van der Waals surface area contributed by atoms with Crippen LogP contribution >= 0.6 is 0 Å². The first-order valence-electron chi connectivity index (χ1n) is 10.5. The topological polar surface area (TPSA) is 66.5 Å². The molecule has 0 spiro atoms. The van der Waals surface area contributed by atoms with Crippen molar-refractivity contribution in [1.29, 1.82) is 0 Å². The average molecular weight is 410 g/mol. The Hall–Kier alpha value is -3.86. The van der Waals surface area contributed by atoms with Crippen LogP contribution in [-0.4, -0.2) is 34.2 Å². The van der Waals surface area contributed by atoms with Crippen molar-refractivity contribution in [3.8, 4) is 5.75 Å². The summed E-state index contributed by atoms with van der Waals surface area (Å²) < 4.78 is 0. The predicted octanol–water partition coefficient (Wildman–Crippen LogP) is 1.73. The van der Waals surface area contributed by atoms with Gasteiger partial charge in [-0.3, -0.25) is 9.69 Å². The number of aromatic hydroxyl groups is 1. The third-order valence-corrected chi connectivity index (χ3v) is 5.77. The van der Waals surface area contributed by atoms with Gasteiger partial charge in [0.25, 0.3) is 5.91 Å².